The van der Waals surface area contributed by atoms with Crippen molar-refractivity contribution in [2.24, 2.45) is 0 Å². The highest BCUT2D eigenvalue weighted by Crippen LogP contribution is 2.34. The van der Waals surface area contributed by atoms with Gasteiger partial charge in [-0.25, -0.2) is 13.2 Å². The molecular weight excluding hydrogens is 411 g/mol. The Morgan fingerprint density at radius 1 is 1.06 bits per heavy atom. The maximum atomic E-state index is 14.0. The van der Waals surface area contributed by atoms with Gasteiger partial charge >= 0.3 is 0 Å². The first-order valence-corrected chi connectivity index (χ1v) is 9.50. The number of rotatable bonds is 2. The van der Waals surface area contributed by atoms with Crippen LogP contribution in [0.15, 0.2) is 41.2 Å². The number of nitrogens with one attached hydrogen (secondary N) is 2. The van der Waals surface area contributed by atoms with E-state index in [1.165, 1.54) is 17.0 Å². The largest absolute Gasteiger partial charge is 0.373 e. The Hall–Kier alpha value is -3.59. The molecule has 0 bridgehead atoms. The first-order chi connectivity index (χ1) is 14.8. The molecule has 0 fully saturated rings. The van der Waals surface area contributed by atoms with Crippen molar-refractivity contribution in [1.29, 1.82) is 0 Å². The molecule has 1 aliphatic heterocycles. The molecule has 2 aromatic carbocycles. The molecule has 1 amide bonds. The van der Waals surface area contributed by atoms with Crippen molar-refractivity contribution in [2.75, 3.05) is 13.7 Å². The molecule has 1 atom stereocenters. The lowest BCUT2D eigenvalue weighted by Crippen LogP contribution is -2.37. The van der Waals surface area contributed by atoms with Crippen molar-refractivity contribution in [3.63, 3.8) is 0 Å². The maximum absolute atomic E-state index is 14.0. The second-order valence-corrected chi connectivity index (χ2v) is 7.52. The van der Waals surface area contributed by atoms with Crippen LogP contribution in [0.1, 0.15) is 27.8 Å². The third-order valence-electron chi connectivity index (χ3n) is 5.64. The predicted molar refractivity (Wildman–Crippen MR) is 107 cm³/mol. The number of aromatic nitrogens is 2. The minimum Gasteiger partial charge on any atom is -0.373 e. The van der Waals surface area contributed by atoms with Gasteiger partial charge in [0.15, 0.2) is 11.6 Å². The van der Waals surface area contributed by atoms with E-state index in [0.29, 0.717) is 22.2 Å². The van der Waals surface area contributed by atoms with Crippen LogP contribution in [-0.4, -0.2) is 34.4 Å². The van der Waals surface area contributed by atoms with Crippen LogP contribution in [0.4, 0.5) is 13.2 Å². The summed E-state index contributed by atoms with van der Waals surface area (Å²) in [5.41, 5.74) is 1.05. The standard InChI is InChI=1S/C22H16F3N3O3/c1-28(22(30)17-4-10-2-3-11(23)5-16(10)26-17)19-9-31-8-18-20(19)12-6-14(24)15(25)7-13(12)21(29)27-18/h2-7,19,26H,8-9H2,1H3,(H,27,29). The van der Waals surface area contributed by atoms with E-state index in [0.717, 1.165) is 12.1 Å². The number of hydrogen-bond donors (Lipinski definition) is 2. The molecule has 0 radical (unpaired) electrons. The number of carbonyl (C=O) groups excluding carboxylic acids is 1. The average Bonchev–Trinajstić information content (AvgIpc) is 3.17. The summed E-state index contributed by atoms with van der Waals surface area (Å²) in [5, 5.41) is 0.890. The summed E-state index contributed by atoms with van der Waals surface area (Å²) in [6, 6.07) is 6.93. The van der Waals surface area contributed by atoms with Crippen LogP contribution in [0.25, 0.3) is 21.7 Å². The molecule has 0 saturated carbocycles. The van der Waals surface area contributed by atoms with Crippen LogP contribution in [-0.2, 0) is 11.3 Å². The number of aromatic amines is 2. The normalized spacial score (nSPS) is 15.9. The first-order valence-electron chi connectivity index (χ1n) is 9.50. The summed E-state index contributed by atoms with van der Waals surface area (Å²) >= 11 is 0. The molecule has 3 heterocycles. The number of H-pyrrole nitrogens is 2. The van der Waals surface area contributed by atoms with Gasteiger partial charge in [-0.3, -0.25) is 9.59 Å². The predicted octanol–water partition coefficient (Wildman–Crippen LogP) is 3.77. The van der Waals surface area contributed by atoms with Crippen molar-refractivity contribution in [1.82, 2.24) is 14.9 Å². The molecule has 2 aromatic heterocycles. The van der Waals surface area contributed by atoms with Crippen molar-refractivity contribution in [3.8, 4) is 0 Å². The highest BCUT2D eigenvalue weighted by Gasteiger charge is 2.32. The average molecular weight is 427 g/mol. The van der Waals surface area contributed by atoms with Crippen molar-refractivity contribution < 1.29 is 22.7 Å². The maximum Gasteiger partial charge on any atom is 0.270 e. The summed E-state index contributed by atoms with van der Waals surface area (Å²) in [7, 11) is 1.55. The number of pyridine rings is 1. The van der Waals surface area contributed by atoms with Gasteiger partial charge in [0.2, 0.25) is 0 Å². The molecule has 1 unspecified atom stereocenters. The number of hydrogen-bond acceptors (Lipinski definition) is 3. The van der Waals surface area contributed by atoms with Gasteiger partial charge < -0.3 is 19.6 Å². The topological polar surface area (TPSA) is 78.2 Å². The van der Waals surface area contributed by atoms with E-state index in [2.05, 4.69) is 9.97 Å². The van der Waals surface area contributed by atoms with Crippen molar-refractivity contribution in [2.45, 2.75) is 12.6 Å². The van der Waals surface area contributed by atoms with E-state index >= 15 is 0 Å². The van der Waals surface area contributed by atoms with E-state index in [-0.39, 0.29) is 29.7 Å². The lowest BCUT2D eigenvalue weighted by molar-refractivity contribution is 0.0333. The Kier molecular flexibility index (Phi) is 4.37. The van der Waals surface area contributed by atoms with Crippen molar-refractivity contribution >= 4 is 27.6 Å². The molecule has 0 saturated heterocycles. The van der Waals surface area contributed by atoms with Gasteiger partial charge in [-0.2, -0.15) is 0 Å². The Bertz CT molecular complexity index is 1430. The van der Waals surface area contributed by atoms with E-state index < -0.39 is 35.0 Å². The summed E-state index contributed by atoms with van der Waals surface area (Å²) in [6.45, 7) is 0.175. The highest BCUT2D eigenvalue weighted by atomic mass is 19.2. The number of ether oxygens (including phenoxy) is 1. The zero-order valence-corrected chi connectivity index (χ0v) is 16.3. The molecule has 5 rings (SSSR count). The van der Waals surface area contributed by atoms with Gasteiger partial charge in [-0.1, -0.05) is 0 Å². The van der Waals surface area contributed by atoms with Gasteiger partial charge in [0.1, 0.15) is 11.5 Å². The molecule has 2 N–H and O–H groups in total. The van der Waals surface area contributed by atoms with Gasteiger partial charge in [0.05, 0.1) is 24.6 Å². The van der Waals surface area contributed by atoms with Crippen LogP contribution in [0.5, 0.6) is 0 Å². The molecule has 31 heavy (non-hydrogen) atoms. The molecule has 4 aromatic rings. The van der Waals surface area contributed by atoms with E-state index in [1.54, 1.807) is 19.2 Å². The van der Waals surface area contributed by atoms with Crippen LogP contribution >= 0.6 is 0 Å². The molecule has 1 aliphatic rings. The van der Waals surface area contributed by atoms with Gasteiger partial charge in [-0.05, 0) is 41.8 Å². The smallest absolute Gasteiger partial charge is 0.270 e. The number of fused-ring (bicyclic) bond motifs is 4. The lowest BCUT2D eigenvalue weighted by Gasteiger charge is -2.33. The molecule has 0 spiro atoms. The Morgan fingerprint density at radius 3 is 2.58 bits per heavy atom. The van der Waals surface area contributed by atoms with Gasteiger partial charge in [0.25, 0.3) is 11.5 Å². The van der Waals surface area contributed by atoms with E-state index in [9.17, 15) is 22.8 Å². The van der Waals surface area contributed by atoms with E-state index in [4.69, 9.17) is 4.74 Å². The second kappa shape index (κ2) is 6.98. The molecule has 158 valence electrons. The van der Waals surface area contributed by atoms with Crippen LogP contribution < -0.4 is 5.56 Å². The zero-order valence-electron chi connectivity index (χ0n) is 16.3. The fourth-order valence-electron chi connectivity index (χ4n) is 4.09. The summed E-state index contributed by atoms with van der Waals surface area (Å²) in [6.07, 6.45) is 0. The van der Waals surface area contributed by atoms with Crippen LogP contribution in [0.2, 0.25) is 0 Å². The number of benzene rings is 2. The van der Waals surface area contributed by atoms with Gasteiger partial charge in [-0.15, -0.1) is 0 Å². The molecule has 9 heteroatoms. The Morgan fingerprint density at radius 2 is 1.81 bits per heavy atom. The van der Waals surface area contributed by atoms with E-state index in [1.807, 2.05) is 0 Å². The summed E-state index contributed by atoms with van der Waals surface area (Å²) in [5.74, 6) is -3.05. The minimum atomic E-state index is -1.13. The van der Waals surface area contributed by atoms with Crippen LogP contribution in [0, 0.1) is 17.5 Å². The minimum absolute atomic E-state index is 0.00788. The first kappa shape index (κ1) is 19.4. The number of carbonyl (C=O) groups is 1. The fraction of sp³-hybridized carbons (Fsp3) is 0.182. The SMILES string of the molecule is CN(C(=O)c1cc2ccc(F)cc2[nH]1)C1COCc2[nH]c(=O)c3cc(F)c(F)cc3c21. The quantitative estimate of drug-likeness (QED) is 0.511. The summed E-state index contributed by atoms with van der Waals surface area (Å²) < 4.78 is 46.8. The Labute approximate surface area is 173 Å². The van der Waals surface area contributed by atoms with Crippen LogP contribution in [0.3, 0.4) is 0 Å². The second-order valence-electron chi connectivity index (χ2n) is 7.52. The number of amides is 1. The molecular formula is C22H16F3N3O3. The zero-order chi connectivity index (χ0) is 21.9. The third kappa shape index (κ3) is 3.09. The fourth-order valence-corrected chi connectivity index (χ4v) is 4.09. The molecule has 6 nitrogen and oxygen atoms in total. The van der Waals surface area contributed by atoms with Gasteiger partial charge in [0, 0.05) is 29.2 Å². The lowest BCUT2D eigenvalue weighted by atomic mass is 9.95. The number of nitrogens with zero attached hydrogens (tertiary/aromatic N) is 1. The monoisotopic (exact) mass is 427 g/mol. The third-order valence-corrected chi connectivity index (χ3v) is 5.64. The Balaban J connectivity index is 1.61. The number of halogens is 3. The summed E-state index contributed by atoms with van der Waals surface area (Å²) in [4.78, 5) is 32.5. The molecule has 0 aliphatic carbocycles. The highest BCUT2D eigenvalue weighted by molar-refractivity contribution is 5.98. The van der Waals surface area contributed by atoms with Crippen molar-refractivity contribution in [3.05, 3.63) is 81.2 Å². The number of likely N-dealkylation sites (N-methyl/N-ethyl adjacent to an activating group) is 1.